The summed E-state index contributed by atoms with van der Waals surface area (Å²) in [5, 5.41) is 12.3. The van der Waals surface area contributed by atoms with Gasteiger partial charge in [-0.1, -0.05) is 6.42 Å². The molecule has 18 heavy (non-hydrogen) atoms. The summed E-state index contributed by atoms with van der Waals surface area (Å²) in [6, 6.07) is 0.0687. The molecular weight excluding hydrogens is 256 g/mol. The van der Waals surface area contributed by atoms with Crippen LogP contribution in [0.5, 0.6) is 0 Å². The van der Waals surface area contributed by atoms with Gasteiger partial charge in [0.1, 0.15) is 0 Å². The topological polar surface area (TPSA) is 78.9 Å². The Morgan fingerprint density at radius 1 is 1.39 bits per heavy atom. The minimum atomic E-state index is -3.25. The van der Waals surface area contributed by atoms with Crippen molar-refractivity contribution in [3.8, 4) is 0 Å². The van der Waals surface area contributed by atoms with Gasteiger partial charge in [-0.25, -0.2) is 8.42 Å². The van der Waals surface area contributed by atoms with Crippen molar-refractivity contribution in [1.29, 1.82) is 0 Å². The predicted octanol–water partition coefficient (Wildman–Crippen LogP) is -0.849. The van der Waals surface area contributed by atoms with Crippen LogP contribution >= 0.6 is 0 Å². The monoisotopic (exact) mass is 278 g/mol. The number of piperidine rings is 1. The van der Waals surface area contributed by atoms with Crippen LogP contribution in [0, 0.1) is 0 Å². The summed E-state index contributed by atoms with van der Waals surface area (Å²) in [4.78, 5) is 0. The average Bonchev–Trinajstić information content (AvgIpc) is 2.39. The van der Waals surface area contributed by atoms with Crippen LogP contribution in [0.3, 0.4) is 0 Å². The molecule has 0 amide bonds. The highest BCUT2D eigenvalue weighted by atomic mass is 32.2. The zero-order chi connectivity index (χ0) is 13.0. The van der Waals surface area contributed by atoms with E-state index in [1.54, 1.807) is 0 Å². The Morgan fingerprint density at radius 2 is 2.22 bits per heavy atom. The van der Waals surface area contributed by atoms with Gasteiger partial charge in [-0.15, -0.1) is 0 Å². The van der Waals surface area contributed by atoms with Crippen LogP contribution in [0.4, 0.5) is 0 Å². The number of aliphatic hydroxyl groups excluding tert-OH is 1. The van der Waals surface area contributed by atoms with Crippen LogP contribution in [0.1, 0.15) is 19.3 Å². The van der Waals surface area contributed by atoms with E-state index in [2.05, 4.69) is 5.32 Å². The van der Waals surface area contributed by atoms with Crippen molar-refractivity contribution in [3.05, 3.63) is 0 Å². The molecule has 2 rings (SSSR count). The number of aliphatic hydroxyl groups is 1. The Hall–Kier alpha value is -0.210. The first-order valence-electron chi connectivity index (χ1n) is 6.55. The number of nitrogens with one attached hydrogen (secondary N) is 1. The van der Waals surface area contributed by atoms with Crippen LogP contribution in [0.15, 0.2) is 0 Å². The quantitative estimate of drug-likeness (QED) is 0.700. The number of nitrogens with zero attached hydrogens (tertiary/aromatic N) is 1. The van der Waals surface area contributed by atoms with Gasteiger partial charge in [0.05, 0.1) is 25.1 Å². The second-order valence-corrected chi connectivity index (χ2v) is 6.97. The van der Waals surface area contributed by atoms with Crippen LogP contribution < -0.4 is 5.32 Å². The van der Waals surface area contributed by atoms with Crippen molar-refractivity contribution in [2.24, 2.45) is 0 Å². The molecule has 7 heteroatoms. The molecular formula is C11H22N2O4S. The SMILES string of the molecule is O=S(=O)(CC1CCCCN1)N1CCOC(CO)C1. The number of hydrogen-bond donors (Lipinski definition) is 2. The van der Waals surface area contributed by atoms with E-state index in [1.165, 1.54) is 4.31 Å². The first-order chi connectivity index (χ1) is 8.62. The normalized spacial score (nSPS) is 31.4. The number of rotatable bonds is 4. The zero-order valence-electron chi connectivity index (χ0n) is 10.5. The molecule has 2 aliphatic rings. The fraction of sp³-hybridized carbons (Fsp3) is 1.00. The molecule has 0 aromatic heterocycles. The summed E-state index contributed by atoms with van der Waals surface area (Å²) in [5.41, 5.74) is 0. The van der Waals surface area contributed by atoms with Crippen molar-refractivity contribution >= 4 is 10.0 Å². The smallest absolute Gasteiger partial charge is 0.215 e. The molecule has 0 spiro atoms. The fourth-order valence-corrected chi connectivity index (χ4v) is 4.23. The van der Waals surface area contributed by atoms with Gasteiger partial charge in [0.25, 0.3) is 0 Å². The van der Waals surface area contributed by atoms with E-state index in [1.807, 2.05) is 0 Å². The summed E-state index contributed by atoms with van der Waals surface area (Å²) < 4.78 is 31.3. The molecule has 0 aromatic rings. The van der Waals surface area contributed by atoms with E-state index >= 15 is 0 Å². The Morgan fingerprint density at radius 3 is 2.89 bits per heavy atom. The lowest BCUT2D eigenvalue weighted by Crippen LogP contribution is -2.50. The Kier molecular flexibility index (Phi) is 4.97. The van der Waals surface area contributed by atoms with Crippen LogP contribution in [-0.2, 0) is 14.8 Å². The molecule has 0 saturated carbocycles. The second kappa shape index (κ2) is 6.29. The maximum atomic E-state index is 12.3. The average molecular weight is 278 g/mol. The van der Waals surface area contributed by atoms with Gasteiger partial charge in [0.2, 0.25) is 10.0 Å². The molecule has 0 aliphatic carbocycles. The summed E-state index contributed by atoms with van der Waals surface area (Å²) in [7, 11) is -3.25. The third kappa shape index (κ3) is 3.64. The van der Waals surface area contributed by atoms with E-state index in [0.29, 0.717) is 13.2 Å². The van der Waals surface area contributed by atoms with Gasteiger partial charge < -0.3 is 15.2 Å². The second-order valence-electron chi connectivity index (χ2n) is 4.96. The molecule has 106 valence electrons. The molecule has 2 unspecified atom stereocenters. The van der Waals surface area contributed by atoms with Gasteiger partial charge in [-0.3, -0.25) is 0 Å². The lowest BCUT2D eigenvalue weighted by molar-refractivity contribution is -0.0305. The van der Waals surface area contributed by atoms with E-state index in [0.717, 1.165) is 25.8 Å². The number of morpholine rings is 1. The predicted molar refractivity (Wildman–Crippen MR) is 67.8 cm³/mol. The molecule has 2 N–H and O–H groups in total. The highest BCUT2D eigenvalue weighted by Crippen LogP contribution is 2.15. The summed E-state index contributed by atoms with van der Waals surface area (Å²) in [6.45, 7) is 1.80. The largest absolute Gasteiger partial charge is 0.394 e. The number of ether oxygens (including phenoxy) is 1. The maximum absolute atomic E-state index is 12.3. The van der Waals surface area contributed by atoms with Crippen molar-refractivity contribution < 1.29 is 18.3 Å². The summed E-state index contributed by atoms with van der Waals surface area (Å²) in [6.07, 6.45) is 2.76. The third-order valence-corrected chi connectivity index (χ3v) is 5.46. The van der Waals surface area contributed by atoms with E-state index in [4.69, 9.17) is 9.84 Å². The lowest BCUT2D eigenvalue weighted by atomic mass is 10.1. The van der Waals surface area contributed by atoms with Crippen molar-refractivity contribution in [2.75, 3.05) is 38.6 Å². The molecule has 0 aromatic carbocycles. The summed E-state index contributed by atoms with van der Waals surface area (Å²) in [5.74, 6) is 0.158. The molecule has 0 bridgehead atoms. The van der Waals surface area contributed by atoms with Crippen molar-refractivity contribution in [2.45, 2.75) is 31.4 Å². The molecule has 6 nitrogen and oxygen atoms in total. The van der Waals surface area contributed by atoms with E-state index < -0.39 is 10.0 Å². The van der Waals surface area contributed by atoms with Gasteiger partial charge in [-0.2, -0.15) is 4.31 Å². The van der Waals surface area contributed by atoms with Crippen LogP contribution in [0.2, 0.25) is 0 Å². The number of sulfonamides is 1. The van der Waals surface area contributed by atoms with E-state index in [-0.39, 0.29) is 31.1 Å². The Bertz CT molecular complexity index is 354. The molecule has 2 aliphatic heterocycles. The number of hydrogen-bond acceptors (Lipinski definition) is 5. The third-order valence-electron chi connectivity index (χ3n) is 3.52. The molecule has 0 radical (unpaired) electrons. The van der Waals surface area contributed by atoms with Gasteiger partial charge >= 0.3 is 0 Å². The summed E-state index contributed by atoms with van der Waals surface area (Å²) >= 11 is 0. The lowest BCUT2D eigenvalue weighted by Gasteiger charge is -2.33. The van der Waals surface area contributed by atoms with Gasteiger partial charge in [0.15, 0.2) is 0 Å². The fourth-order valence-electron chi connectivity index (χ4n) is 2.48. The molecule has 2 atom stereocenters. The minimum Gasteiger partial charge on any atom is -0.394 e. The Labute approximate surface area is 108 Å². The molecule has 2 saturated heterocycles. The van der Waals surface area contributed by atoms with Crippen molar-refractivity contribution in [1.82, 2.24) is 9.62 Å². The van der Waals surface area contributed by atoms with Crippen LogP contribution in [0.25, 0.3) is 0 Å². The minimum absolute atomic E-state index is 0.0687. The van der Waals surface area contributed by atoms with Crippen molar-refractivity contribution in [3.63, 3.8) is 0 Å². The zero-order valence-corrected chi connectivity index (χ0v) is 11.4. The first kappa shape index (κ1) is 14.2. The Balaban J connectivity index is 1.92. The maximum Gasteiger partial charge on any atom is 0.215 e. The van der Waals surface area contributed by atoms with Crippen LogP contribution in [-0.4, -0.2) is 68.6 Å². The molecule has 2 fully saturated rings. The van der Waals surface area contributed by atoms with Gasteiger partial charge in [0, 0.05) is 19.1 Å². The van der Waals surface area contributed by atoms with E-state index in [9.17, 15) is 8.42 Å². The highest BCUT2D eigenvalue weighted by molar-refractivity contribution is 7.89. The highest BCUT2D eigenvalue weighted by Gasteiger charge is 2.31. The first-order valence-corrected chi connectivity index (χ1v) is 8.16. The standard InChI is InChI=1S/C11H22N2O4S/c14-8-11-7-13(5-6-17-11)18(15,16)9-10-3-1-2-4-12-10/h10-12,14H,1-9H2. The van der Waals surface area contributed by atoms with Gasteiger partial charge in [-0.05, 0) is 19.4 Å². The molecule has 2 heterocycles.